The molecule has 3 N–H and O–H groups in total. The minimum atomic E-state index is -1.93. The third kappa shape index (κ3) is 1.97. The SMILES string of the molecule is Cc1cc(F)c(C(C)(N)C(=O)O)cc1F. The first-order valence-corrected chi connectivity index (χ1v) is 4.25. The van der Waals surface area contributed by atoms with Gasteiger partial charge in [0.05, 0.1) is 0 Å². The zero-order valence-corrected chi connectivity index (χ0v) is 8.34. The molecule has 15 heavy (non-hydrogen) atoms. The average Bonchev–Trinajstić information content (AvgIpc) is 2.10. The molecule has 3 nitrogen and oxygen atoms in total. The van der Waals surface area contributed by atoms with E-state index in [9.17, 15) is 13.6 Å². The molecule has 0 fully saturated rings. The predicted molar refractivity (Wildman–Crippen MR) is 50.3 cm³/mol. The number of halogens is 2. The van der Waals surface area contributed by atoms with Gasteiger partial charge in [0.2, 0.25) is 0 Å². The molecule has 0 radical (unpaired) electrons. The number of benzene rings is 1. The fourth-order valence-corrected chi connectivity index (χ4v) is 1.16. The standard InChI is InChI=1S/C10H11F2NO2/c1-5-3-8(12)6(4-7(5)11)10(2,13)9(14)15/h3-4H,13H2,1-2H3,(H,14,15). The molecule has 0 aliphatic carbocycles. The number of aliphatic carboxylic acids is 1. The maximum Gasteiger partial charge on any atom is 0.328 e. The van der Waals surface area contributed by atoms with E-state index in [-0.39, 0.29) is 11.1 Å². The molecule has 1 aromatic rings. The fraction of sp³-hybridized carbons (Fsp3) is 0.300. The van der Waals surface area contributed by atoms with Crippen LogP contribution < -0.4 is 5.73 Å². The van der Waals surface area contributed by atoms with E-state index < -0.39 is 23.1 Å². The molecular weight excluding hydrogens is 204 g/mol. The summed E-state index contributed by atoms with van der Waals surface area (Å²) in [6, 6.07) is 1.75. The van der Waals surface area contributed by atoms with E-state index in [1.165, 1.54) is 6.92 Å². The second-order valence-corrected chi connectivity index (χ2v) is 3.59. The third-order valence-electron chi connectivity index (χ3n) is 2.25. The number of carboxylic acids is 1. The van der Waals surface area contributed by atoms with Crippen LogP contribution in [-0.2, 0) is 10.3 Å². The Morgan fingerprint density at radius 2 is 1.93 bits per heavy atom. The van der Waals surface area contributed by atoms with Gasteiger partial charge in [-0.05, 0) is 31.5 Å². The van der Waals surface area contributed by atoms with Crippen LogP contribution >= 0.6 is 0 Å². The van der Waals surface area contributed by atoms with Gasteiger partial charge < -0.3 is 10.8 Å². The van der Waals surface area contributed by atoms with E-state index >= 15 is 0 Å². The summed E-state index contributed by atoms with van der Waals surface area (Å²) in [5, 5.41) is 8.77. The molecule has 0 aliphatic heterocycles. The van der Waals surface area contributed by atoms with E-state index in [2.05, 4.69) is 0 Å². The molecule has 1 rings (SSSR count). The summed E-state index contributed by atoms with van der Waals surface area (Å²) in [5.74, 6) is -2.91. The lowest BCUT2D eigenvalue weighted by Gasteiger charge is -2.20. The maximum atomic E-state index is 13.4. The lowest BCUT2D eigenvalue weighted by molar-refractivity contribution is -0.143. The van der Waals surface area contributed by atoms with Gasteiger partial charge in [-0.25, -0.2) is 13.6 Å². The normalized spacial score (nSPS) is 14.7. The highest BCUT2D eigenvalue weighted by Gasteiger charge is 2.33. The van der Waals surface area contributed by atoms with Crippen molar-refractivity contribution >= 4 is 5.97 Å². The van der Waals surface area contributed by atoms with Crippen molar-refractivity contribution in [1.82, 2.24) is 0 Å². The number of aryl methyl sites for hydroxylation is 1. The fourth-order valence-electron chi connectivity index (χ4n) is 1.16. The van der Waals surface area contributed by atoms with Crippen molar-refractivity contribution in [2.75, 3.05) is 0 Å². The van der Waals surface area contributed by atoms with E-state index in [1.54, 1.807) is 0 Å². The summed E-state index contributed by atoms with van der Waals surface area (Å²) in [7, 11) is 0. The minimum Gasteiger partial charge on any atom is -0.480 e. The molecular formula is C10H11F2NO2. The van der Waals surface area contributed by atoms with Gasteiger partial charge in [-0.3, -0.25) is 0 Å². The molecule has 0 saturated carbocycles. The molecule has 0 aliphatic rings. The maximum absolute atomic E-state index is 13.4. The summed E-state index contributed by atoms with van der Waals surface area (Å²) < 4.78 is 26.5. The van der Waals surface area contributed by atoms with E-state index in [0.717, 1.165) is 19.1 Å². The Labute approximate surface area is 85.5 Å². The van der Waals surface area contributed by atoms with Gasteiger partial charge in [-0.15, -0.1) is 0 Å². The average molecular weight is 215 g/mol. The summed E-state index contributed by atoms with van der Waals surface area (Å²) >= 11 is 0. The molecule has 82 valence electrons. The van der Waals surface area contributed by atoms with E-state index in [4.69, 9.17) is 10.8 Å². The predicted octanol–water partition coefficient (Wildman–Crippen LogP) is 1.53. The topological polar surface area (TPSA) is 63.3 Å². The second kappa shape index (κ2) is 3.58. The lowest BCUT2D eigenvalue weighted by atomic mass is 9.92. The van der Waals surface area contributed by atoms with Crippen molar-refractivity contribution in [3.8, 4) is 0 Å². The van der Waals surface area contributed by atoms with Crippen LogP contribution in [0.1, 0.15) is 18.1 Å². The summed E-state index contributed by atoms with van der Waals surface area (Å²) in [4.78, 5) is 10.8. The van der Waals surface area contributed by atoms with Gasteiger partial charge in [0.25, 0.3) is 0 Å². The van der Waals surface area contributed by atoms with Crippen molar-refractivity contribution in [3.05, 3.63) is 34.9 Å². The molecule has 1 unspecified atom stereocenters. The van der Waals surface area contributed by atoms with Crippen molar-refractivity contribution in [2.24, 2.45) is 5.73 Å². The molecule has 0 saturated heterocycles. The summed E-state index contributed by atoms with van der Waals surface area (Å²) in [6.07, 6.45) is 0. The molecule has 0 heterocycles. The zero-order chi connectivity index (χ0) is 11.8. The molecule has 5 heteroatoms. The molecule has 0 aromatic heterocycles. The van der Waals surface area contributed by atoms with Crippen LogP contribution in [-0.4, -0.2) is 11.1 Å². The molecule has 1 aromatic carbocycles. The monoisotopic (exact) mass is 215 g/mol. The Balaban J connectivity index is 3.38. The summed E-state index contributed by atoms with van der Waals surface area (Å²) in [6.45, 7) is 2.50. The molecule has 0 spiro atoms. The van der Waals surface area contributed by atoms with Gasteiger partial charge in [-0.2, -0.15) is 0 Å². The first kappa shape index (κ1) is 11.6. The Bertz CT molecular complexity index is 416. The number of nitrogens with two attached hydrogens (primary N) is 1. The van der Waals surface area contributed by atoms with Gasteiger partial charge in [0, 0.05) is 5.56 Å². The minimum absolute atomic E-state index is 0.109. The zero-order valence-electron chi connectivity index (χ0n) is 8.34. The van der Waals surface area contributed by atoms with Crippen LogP contribution in [0.2, 0.25) is 0 Å². The number of rotatable bonds is 2. The van der Waals surface area contributed by atoms with Crippen LogP contribution in [0.25, 0.3) is 0 Å². The highest BCUT2D eigenvalue weighted by Crippen LogP contribution is 2.24. The van der Waals surface area contributed by atoms with Crippen molar-refractivity contribution in [3.63, 3.8) is 0 Å². The molecule has 1 atom stereocenters. The smallest absolute Gasteiger partial charge is 0.328 e. The van der Waals surface area contributed by atoms with Crippen molar-refractivity contribution < 1.29 is 18.7 Å². The molecule has 0 bridgehead atoms. The Morgan fingerprint density at radius 1 is 1.40 bits per heavy atom. The van der Waals surface area contributed by atoms with Gasteiger partial charge in [0.15, 0.2) is 0 Å². The Kier molecular flexibility index (Phi) is 2.77. The lowest BCUT2D eigenvalue weighted by Crippen LogP contribution is -2.42. The van der Waals surface area contributed by atoms with Crippen LogP contribution in [0, 0.1) is 18.6 Å². The van der Waals surface area contributed by atoms with Crippen molar-refractivity contribution in [1.29, 1.82) is 0 Å². The number of hydrogen-bond acceptors (Lipinski definition) is 2. The largest absolute Gasteiger partial charge is 0.480 e. The van der Waals surface area contributed by atoms with Gasteiger partial charge in [-0.1, -0.05) is 0 Å². The first-order valence-electron chi connectivity index (χ1n) is 4.25. The number of carboxylic acid groups (broad SMARTS) is 1. The van der Waals surface area contributed by atoms with Crippen LogP contribution in [0.15, 0.2) is 12.1 Å². The quantitative estimate of drug-likeness (QED) is 0.786. The van der Waals surface area contributed by atoms with Gasteiger partial charge >= 0.3 is 5.97 Å². The van der Waals surface area contributed by atoms with Crippen LogP contribution in [0.3, 0.4) is 0 Å². The van der Waals surface area contributed by atoms with E-state index in [1.807, 2.05) is 0 Å². The second-order valence-electron chi connectivity index (χ2n) is 3.59. The summed E-state index contributed by atoms with van der Waals surface area (Å²) in [5.41, 5.74) is 3.21. The van der Waals surface area contributed by atoms with Crippen LogP contribution in [0.5, 0.6) is 0 Å². The first-order chi connectivity index (χ1) is 6.76. The molecule has 0 amide bonds. The van der Waals surface area contributed by atoms with Crippen LogP contribution in [0.4, 0.5) is 8.78 Å². The van der Waals surface area contributed by atoms with Crippen molar-refractivity contribution in [2.45, 2.75) is 19.4 Å². The number of hydrogen-bond donors (Lipinski definition) is 2. The Morgan fingerprint density at radius 3 is 2.40 bits per heavy atom. The highest BCUT2D eigenvalue weighted by atomic mass is 19.1. The number of carbonyl (C=O) groups is 1. The van der Waals surface area contributed by atoms with E-state index in [0.29, 0.717) is 0 Å². The Hall–Kier alpha value is -1.49. The third-order valence-corrected chi connectivity index (χ3v) is 2.25. The highest BCUT2D eigenvalue weighted by molar-refractivity contribution is 5.80. The van der Waals surface area contributed by atoms with Gasteiger partial charge in [0.1, 0.15) is 17.2 Å².